The van der Waals surface area contributed by atoms with E-state index in [0.717, 1.165) is 0 Å². The molecule has 1 aromatic heterocycles. The summed E-state index contributed by atoms with van der Waals surface area (Å²) in [7, 11) is 0. The number of carbonyl (C=O) groups excluding carboxylic acids is 1. The normalized spacial score (nSPS) is 14.8. The Morgan fingerprint density at radius 3 is 1.90 bits per heavy atom. The number of nitrogens with one attached hydrogen (secondary N) is 1. The molecule has 1 aliphatic carbocycles. The standard InChI is InChI=1S/C16H8BrF10N3O/c17-7-13(4-1-2-4)30(29-14(7)16(25,26)27)3-5(31)28-12-10(20)8(18)6(15(22,23)24)9(19)11(12)21/h4H,1-3H2,(H,28,31). The number of halogens is 11. The maximum Gasteiger partial charge on any atom is 0.436 e. The van der Waals surface area contributed by atoms with E-state index in [9.17, 15) is 48.7 Å². The lowest BCUT2D eigenvalue weighted by molar-refractivity contribution is -0.143. The van der Waals surface area contributed by atoms with Gasteiger partial charge in [0.15, 0.2) is 29.0 Å². The van der Waals surface area contributed by atoms with Crippen molar-refractivity contribution in [2.75, 3.05) is 5.32 Å². The molecule has 4 nitrogen and oxygen atoms in total. The highest BCUT2D eigenvalue weighted by Crippen LogP contribution is 2.47. The van der Waals surface area contributed by atoms with E-state index in [1.807, 2.05) is 0 Å². The van der Waals surface area contributed by atoms with Crippen molar-refractivity contribution in [2.45, 2.75) is 37.7 Å². The molecule has 1 saturated carbocycles. The van der Waals surface area contributed by atoms with Crippen molar-refractivity contribution in [1.29, 1.82) is 0 Å². The smallest absolute Gasteiger partial charge is 0.319 e. The van der Waals surface area contributed by atoms with Gasteiger partial charge in [0.2, 0.25) is 5.91 Å². The molecule has 0 bridgehead atoms. The first-order valence-corrected chi connectivity index (χ1v) is 9.00. The van der Waals surface area contributed by atoms with E-state index in [-0.39, 0.29) is 11.6 Å². The van der Waals surface area contributed by atoms with E-state index in [0.29, 0.717) is 17.5 Å². The minimum Gasteiger partial charge on any atom is -0.319 e. The lowest BCUT2D eigenvalue weighted by atomic mass is 10.1. The van der Waals surface area contributed by atoms with Crippen LogP contribution in [0.4, 0.5) is 49.6 Å². The van der Waals surface area contributed by atoms with E-state index >= 15 is 0 Å². The van der Waals surface area contributed by atoms with Crippen molar-refractivity contribution in [1.82, 2.24) is 9.78 Å². The molecular weight excluding hydrogens is 520 g/mol. The molecule has 0 spiro atoms. The number of benzene rings is 1. The Labute approximate surface area is 174 Å². The quantitative estimate of drug-likeness (QED) is 0.406. The largest absolute Gasteiger partial charge is 0.436 e. The molecule has 1 N–H and O–H groups in total. The highest BCUT2D eigenvalue weighted by Gasteiger charge is 2.43. The SMILES string of the molecule is O=C(Cn1nc(C(F)(F)F)c(Br)c1C1CC1)Nc1c(F)c(F)c(C(F)(F)F)c(F)c1F. The van der Waals surface area contributed by atoms with E-state index in [1.165, 1.54) is 5.32 Å². The number of amides is 1. The van der Waals surface area contributed by atoms with Crippen molar-refractivity contribution >= 4 is 27.5 Å². The van der Waals surface area contributed by atoms with Crippen LogP contribution in [0.3, 0.4) is 0 Å². The molecular formula is C16H8BrF10N3O. The number of aromatic nitrogens is 2. The average molecular weight is 528 g/mol. The van der Waals surface area contributed by atoms with Crippen molar-refractivity contribution in [2.24, 2.45) is 0 Å². The molecule has 0 atom stereocenters. The first kappa shape index (κ1) is 23.3. The van der Waals surface area contributed by atoms with Gasteiger partial charge in [-0.2, -0.15) is 31.4 Å². The first-order chi connectivity index (χ1) is 14.1. The number of hydrogen-bond donors (Lipinski definition) is 1. The predicted octanol–water partition coefficient (Wildman–Crippen LogP) is 5.76. The Balaban J connectivity index is 1.94. The second-order valence-corrected chi connectivity index (χ2v) is 7.32. The van der Waals surface area contributed by atoms with Crippen LogP contribution in [0, 0.1) is 23.3 Å². The third kappa shape index (κ3) is 4.36. The summed E-state index contributed by atoms with van der Waals surface area (Å²) >= 11 is 2.74. The van der Waals surface area contributed by atoms with Crippen molar-refractivity contribution in [3.8, 4) is 0 Å². The number of alkyl halides is 6. The van der Waals surface area contributed by atoms with Crippen LogP contribution in [0.25, 0.3) is 0 Å². The van der Waals surface area contributed by atoms with Gasteiger partial charge in [0.25, 0.3) is 0 Å². The number of nitrogens with zero attached hydrogens (tertiary/aromatic N) is 2. The van der Waals surface area contributed by atoms with Crippen molar-refractivity contribution in [3.63, 3.8) is 0 Å². The van der Waals surface area contributed by atoms with Gasteiger partial charge >= 0.3 is 12.4 Å². The van der Waals surface area contributed by atoms with E-state index in [1.54, 1.807) is 0 Å². The highest BCUT2D eigenvalue weighted by atomic mass is 79.9. The Bertz CT molecular complexity index is 1030. The second kappa shape index (κ2) is 7.67. The molecule has 1 amide bonds. The summed E-state index contributed by atoms with van der Waals surface area (Å²) in [6.45, 7) is -1.07. The number of hydrogen-bond acceptors (Lipinski definition) is 2. The lowest BCUT2D eigenvalue weighted by Crippen LogP contribution is -2.24. The first-order valence-electron chi connectivity index (χ1n) is 8.21. The molecule has 0 aliphatic heterocycles. The van der Waals surface area contributed by atoms with Gasteiger partial charge in [-0.3, -0.25) is 9.48 Å². The fraction of sp³-hybridized carbons (Fsp3) is 0.375. The van der Waals surface area contributed by atoms with Gasteiger partial charge in [-0.1, -0.05) is 0 Å². The van der Waals surface area contributed by atoms with Crippen molar-refractivity contribution in [3.05, 3.63) is 44.7 Å². The fourth-order valence-electron chi connectivity index (χ4n) is 2.81. The van der Waals surface area contributed by atoms with Crippen LogP contribution < -0.4 is 5.32 Å². The van der Waals surface area contributed by atoms with E-state index in [2.05, 4.69) is 21.0 Å². The highest BCUT2D eigenvalue weighted by molar-refractivity contribution is 9.10. The van der Waals surface area contributed by atoms with E-state index in [4.69, 9.17) is 0 Å². The molecule has 31 heavy (non-hydrogen) atoms. The molecule has 0 radical (unpaired) electrons. The molecule has 0 saturated heterocycles. The van der Waals surface area contributed by atoms with Crippen LogP contribution in [0.5, 0.6) is 0 Å². The zero-order valence-corrected chi connectivity index (χ0v) is 16.2. The minimum atomic E-state index is -5.77. The van der Waals surface area contributed by atoms with Crippen LogP contribution in [-0.4, -0.2) is 15.7 Å². The summed E-state index contributed by atoms with van der Waals surface area (Å²) in [6, 6.07) is 0. The summed E-state index contributed by atoms with van der Waals surface area (Å²) in [4.78, 5) is 12.1. The van der Waals surface area contributed by atoms with Gasteiger partial charge in [0.05, 0.1) is 10.2 Å². The fourth-order valence-corrected chi connectivity index (χ4v) is 3.64. The second-order valence-electron chi connectivity index (χ2n) is 6.53. The maximum absolute atomic E-state index is 13.9. The summed E-state index contributed by atoms with van der Waals surface area (Å²) < 4.78 is 132. The predicted molar refractivity (Wildman–Crippen MR) is 86.8 cm³/mol. The third-order valence-electron chi connectivity index (χ3n) is 4.27. The number of carbonyl (C=O) groups is 1. The van der Waals surface area contributed by atoms with Gasteiger partial charge in [-0.15, -0.1) is 0 Å². The van der Waals surface area contributed by atoms with Crippen LogP contribution in [0.15, 0.2) is 4.47 Å². The van der Waals surface area contributed by atoms with E-state index < -0.39 is 69.5 Å². The van der Waals surface area contributed by atoms with Crippen LogP contribution in [0.2, 0.25) is 0 Å². The summed E-state index contributed by atoms with van der Waals surface area (Å²) in [5.74, 6) is -12.5. The Morgan fingerprint density at radius 2 is 1.48 bits per heavy atom. The zero-order valence-electron chi connectivity index (χ0n) is 14.7. The summed E-state index contributed by atoms with van der Waals surface area (Å²) in [5, 5.41) is 4.60. The van der Waals surface area contributed by atoms with Crippen LogP contribution in [0.1, 0.15) is 35.7 Å². The van der Waals surface area contributed by atoms with Crippen molar-refractivity contribution < 1.29 is 48.7 Å². The monoisotopic (exact) mass is 527 g/mol. The van der Waals surface area contributed by atoms with Crippen LogP contribution in [-0.2, 0) is 23.7 Å². The Morgan fingerprint density at radius 1 is 0.968 bits per heavy atom. The molecule has 1 fully saturated rings. The molecule has 15 heteroatoms. The topological polar surface area (TPSA) is 46.9 Å². The molecule has 3 rings (SSSR count). The van der Waals surface area contributed by atoms with Gasteiger partial charge in [0.1, 0.15) is 17.8 Å². The number of anilines is 1. The maximum atomic E-state index is 13.9. The van der Waals surface area contributed by atoms with Gasteiger partial charge in [-0.25, -0.2) is 17.6 Å². The summed E-state index contributed by atoms with van der Waals surface area (Å²) in [6.07, 6.45) is -9.72. The molecule has 0 unspecified atom stereocenters. The van der Waals surface area contributed by atoms with Crippen LogP contribution >= 0.6 is 15.9 Å². The third-order valence-corrected chi connectivity index (χ3v) is 5.05. The molecule has 2 aromatic rings. The number of rotatable bonds is 4. The molecule has 170 valence electrons. The zero-order chi connectivity index (χ0) is 23.5. The minimum absolute atomic E-state index is 0.0341. The molecule has 1 heterocycles. The Kier molecular flexibility index (Phi) is 5.78. The summed E-state index contributed by atoms with van der Waals surface area (Å²) in [5.41, 5.74) is -6.09. The average Bonchev–Trinajstić information content (AvgIpc) is 3.39. The van der Waals surface area contributed by atoms with Gasteiger partial charge < -0.3 is 5.32 Å². The van der Waals surface area contributed by atoms with Gasteiger partial charge in [0, 0.05) is 5.92 Å². The molecule has 1 aromatic carbocycles. The Hall–Kier alpha value is -2.32. The van der Waals surface area contributed by atoms with Gasteiger partial charge in [-0.05, 0) is 28.8 Å². The molecule has 1 aliphatic rings. The lowest BCUT2D eigenvalue weighted by Gasteiger charge is -2.15.